The monoisotopic (exact) mass is 360 g/mol. The molecule has 0 radical (unpaired) electrons. The molecule has 0 heterocycles. The molecule has 0 saturated carbocycles. The van der Waals surface area contributed by atoms with Gasteiger partial charge in [0.25, 0.3) is 0 Å². The van der Waals surface area contributed by atoms with Crippen molar-refractivity contribution >= 4 is 35.0 Å². The summed E-state index contributed by atoms with van der Waals surface area (Å²) in [6.45, 7) is 3.81. The Kier molecular flexibility index (Phi) is 7.01. The molecule has 0 aliphatic carbocycles. The predicted octanol–water partition coefficient (Wildman–Crippen LogP) is 4.09. The first-order chi connectivity index (χ1) is 12.0. The lowest BCUT2D eigenvalue weighted by Crippen LogP contribution is -2.25. The average Bonchev–Trinajstić information content (AvgIpc) is 2.61. The second kappa shape index (κ2) is 9.22. The number of carbonyl (C=O) groups is 2. The minimum atomic E-state index is -0.371. The summed E-state index contributed by atoms with van der Waals surface area (Å²) in [4.78, 5) is 24.1. The van der Waals surface area contributed by atoms with Gasteiger partial charge in [-0.15, -0.1) is 11.8 Å². The second-order valence-electron chi connectivity index (χ2n) is 5.55. The molecule has 0 bridgehead atoms. The highest BCUT2D eigenvalue weighted by Crippen LogP contribution is 2.16. The van der Waals surface area contributed by atoms with Crippen molar-refractivity contribution < 1.29 is 14.0 Å². The fraction of sp³-hybridized carbons (Fsp3) is 0.263. The third-order valence-electron chi connectivity index (χ3n) is 3.56. The van der Waals surface area contributed by atoms with Gasteiger partial charge in [-0.2, -0.15) is 0 Å². The normalized spacial score (nSPS) is 11.6. The van der Waals surface area contributed by atoms with E-state index in [2.05, 4.69) is 17.6 Å². The van der Waals surface area contributed by atoms with Gasteiger partial charge in [0, 0.05) is 11.4 Å². The number of anilines is 2. The van der Waals surface area contributed by atoms with E-state index in [4.69, 9.17) is 0 Å². The lowest BCUT2D eigenvalue weighted by atomic mass is 10.1. The molecule has 132 valence electrons. The first kappa shape index (κ1) is 19.0. The minimum absolute atomic E-state index is 0.140. The van der Waals surface area contributed by atoms with E-state index < -0.39 is 0 Å². The van der Waals surface area contributed by atoms with Crippen LogP contribution in [0.25, 0.3) is 0 Å². The molecule has 6 heteroatoms. The van der Waals surface area contributed by atoms with Crippen LogP contribution >= 0.6 is 11.8 Å². The summed E-state index contributed by atoms with van der Waals surface area (Å²) < 4.78 is 12.8. The molecule has 0 aliphatic rings. The Morgan fingerprint density at radius 3 is 2.48 bits per heavy atom. The summed E-state index contributed by atoms with van der Waals surface area (Å²) in [6, 6.07) is 13.2. The lowest BCUT2D eigenvalue weighted by Gasteiger charge is -2.12. The molecule has 2 amide bonds. The average molecular weight is 360 g/mol. The maximum Gasteiger partial charge on any atom is 0.237 e. The highest BCUT2D eigenvalue weighted by Gasteiger charge is 2.15. The molecule has 0 aliphatic heterocycles. The molecule has 0 fully saturated rings. The smallest absolute Gasteiger partial charge is 0.237 e. The number of carbonyl (C=O) groups excluding carboxylic acids is 2. The molecule has 2 aromatic carbocycles. The van der Waals surface area contributed by atoms with E-state index in [-0.39, 0.29) is 28.6 Å². The van der Waals surface area contributed by atoms with Crippen LogP contribution in [0.5, 0.6) is 0 Å². The second-order valence-corrected chi connectivity index (χ2v) is 6.88. The maximum atomic E-state index is 12.8. The van der Waals surface area contributed by atoms with E-state index in [0.717, 1.165) is 17.7 Å². The van der Waals surface area contributed by atoms with Crippen molar-refractivity contribution in [3.63, 3.8) is 0 Å². The molecular formula is C19H21FN2O2S. The van der Waals surface area contributed by atoms with Crippen molar-refractivity contribution in [2.75, 3.05) is 16.4 Å². The van der Waals surface area contributed by atoms with Gasteiger partial charge in [-0.25, -0.2) is 4.39 Å². The van der Waals surface area contributed by atoms with Crippen LogP contribution in [0, 0.1) is 5.82 Å². The highest BCUT2D eigenvalue weighted by molar-refractivity contribution is 8.01. The number of benzene rings is 2. The number of thioether (sulfide) groups is 1. The zero-order valence-corrected chi connectivity index (χ0v) is 15.0. The summed E-state index contributed by atoms with van der Waals surface area (Å²) in [5, 5.41) is 5.16. The Hall–Kier alpha value is -2.34. The number of hydrogen-bond donors (Lipinski definition) is 2. The Labute approximate surface area is 151 Å². The van der Waals surface area contributed by atoms with Gasteiger partial charge in [0.2, 0.25) is 11.8 Å². The summed E-state index contributed by atoms with van der Waals surface area (Å²) >= 11 is 1.25. The Bertz CT molecular complexity index is 734. The van der Waals surface area contributed by atoms with Gasteiger partial charge in [0.15, 0.2) is 0 Å². The molecular weight excluding hydrogens is 339 g/mol. The topological polar surface area (TPSA) is 58.2 Å². The van der Waals surface area contributed by atoms with Crippen LogP contribution in [0.2, 0.25) is 0 Å². The van der Waals surface area contributed by atoms with Crippen molar-refractivity contribution in [2.24, 2.45) is 0 Å². The van der Waals surface area contributed by atoms with E-state index >= 15 is 0 Å². The summed E-state index contributed by atoms with van der Waals surface area (Å²) in [6.07, 6.45) is 0.900. The first-order valence-corrected chi connectivity index (χ1v) is 9.09. The largest absolute Gasteiger partial charge is 0.325 e. The van der Waals surface area contributed by atoms with Crippen molar-refractivity contribution in [1.29, 1.82) is 0 Å². The van der Waals surface area contributed by atoms with Crippen LogP contribution < -0.4 is 10.6 Å². The predicted molar refractivity (Wildman–Crippen MR) is 101 cm³/mol. The molecule has 2 rings (SSSR count). The summed E-state index contributed by atoms with van der Waals surface area (Å²) in [7, 11) is 0. The van der Waals surface area contributed by atoms with Crippen LogP contribution in [0.1, 0.15) is 19.4 Å². The number of amides is 2. The Morgan fingerprint density at radius 2 is 1.80 bits per heavy atom. The van der Waals surface area contributed by atoms with Gasteiger partial charge in [-0.3, -0.25) is 9.59 Å². The molecule has 0 spiro atoms. The molecule has 4 nitrogen and oxygen atoms in total. The van der Waals surface area contributed by atoms with Crippen molar-refractivity contribution in [3.8, 4) is 0 Å². The van der Waals surface area contributed by atoms with Gasteiger partial charge in [-0.1, -0.05) is 19.1 Å². The molecule has 0 unspecified atom stereocenters. The maximum absolute atomic E-state index is 12.8. The number of aryl methyl sites for hydroxylation is 1. The summed E-state index contributed by atoms with van der Waals surface area (Å²) in [5.74, 6) is -0.595. The van der Waals surface area contributed by atoms with Crippen LogP contribution in [-0.4, -0.2) is 22.8 Å². The van der Waals surface area contributed by atoms with Crippen molar-refractivity contribution in [1.82, 2.24) is 0 Å². The number of halogens is 1. The third-order valence-corrected chi connectivity index (χ3v) is 4.71. The van der Waals surface area contributed by atoms with Crippen LogP contribution in [0.15, 0.2) is 48.5 Å². The standard InChI is InChI=1S/C19H21FN2O2S/c1-3-14-5-4-6-17(11-14)22-19(24)13(2)25-12-18(23)21-16-9-7-15(20)8-10-16/h4-11,13H,3,12H2,1-2H3,(H,21,23)(H,22,24)/t13-/m0/s1. The molecule has 2 N–H and O–H groups in total. The van der Waals surface area contributed by atoms with E-state index in [9.17, 15) is 14.0 Å². The van der Waals surface area contributed by atoms with Crippen molar-refractivity contribution in [2.45, 2.75) is 25.5 Å². The van der Waals surface area contributed by atoms with Crippen LogP contribution in [0.3, 0.4) is 0 Å². The third kappa shape index (κ3) is 6.23. The molecule has 0 aromatic heterocycles. The fourth-order valence-electron chi connectivity index (χ4n) is 2.12. The SMILES string of the molecule is CCc1cccc(NC(=O)[C@H](C)SCC(=O)Nc2ccc(F)cc2)c1. The molecule has 1 atom stereocenters. The van der Waals surface area contributed by atoms with Gasteiger partial charge in [-0.05, 0) is 55.3 Å². The quantitative estimate of drug-likeness (QED) is 0.782. The number of rotatable bonds is 7. The number of nitrogens with one attached hydrogen (secondary N) is 2. The molecule has 2 aromatic rings. The van der Waals surface area contributed by atoms with E-state index in [1.54, 1.807) is 6.92 Å². The zero-order valence-electron chi connectivity index (χ0n) is 14.2. The minimum Gasteiger partial charge on any atom is -0.325 e. The van der Waals surface area contributed by atoms with E-state index in [1.807, 2.05) is 24.3 Å². The van der Waals surface area contributed by atoms with Crippen LogP contribution in [0.4, 0.5) is 15.8 Å². The Morgan fingerprint density at radius 1 is 1.08 bits per heavy atom. The van der Waals surface area contributed by atoms with E-state index in [1.165, 1.54) is 36.0 Å². The highest BCUT2D eigenvalue weighted by atomic mass is 32.2. The number of hydrogen-bond acceptors (Lipinski definition) is 3. The molecule has 0 saturated heterocycles. The lowest BCUT2D eigenvalue weighted by molar-refractivity contribution is -0.115. The van der Waals surface area contributed by atoms with Gasteiger partial charge in [0.1, 0.15) is 5.82 Å². The zero-order chi connectivity index (χ0) is 18.2. The Balaban J connectivity index is 1.80. The summed E-state index contributed by atoms with van der Waals surface area (Å²) in [5.41, 5.74) is 2.44. The van der Waals surface area contributed by atoms with Gasteiger partial charge >= 0.3 is 0 Å². The van der Waals surface area contributed by atoms with Crippen LogP contribution in [-0.2, 0) is 16.0 Å². The fourth-order valence-corrected chi connectivity index (χ4v) is 2.80. The van der Waals surface area contributed by atoms with Gasteiger partial charge in [0.05, 0.1) is 11.0 Å². The molecule has 25 heavy (non-hydrogen) atoms. The van der Waals surface area contributed by atoms with Crippen molar-refractivity contribution in [3.05, 3.63) is 59.9 Å². The first-order valence-electron chi connectivity index (χ1n) is 8.04. The van der Waals surface area contributed by atoms with E-state index in [0.29, 0.717) is 5.69 Å². The van der Waals surface area contributed by atoms with Gasteiger partial charge < -0.3 is 10.6 Å².